The molecular formula is C19H20BrNO6. The van der Waals surface area contributed by atoms with Crippen molar-refractivity contribution in [1.29, 1.82) is 0 Å². The van der Waals surface area contributed by atoms with Crippen molar-refractivity contribution >= 4 is 33.9 Å². The zero-order valence-corrected chi connectivity index (χ0v) is 16.9. The molecule has 7 nitrogen and oxygen atoms in total. The number of carbonyl (C=O) groups is 2. The molecule has 0 saturated carbocycles. The smallest absolute Gasteiger partial charge is 0.340 e. The summed E-state index contributed by atoms with van der Waals surface area (Å²) in [4.78, 5) is 26.9. The molecule has 1 aromatic rings. The third-order valence-electron chi connectivity index (χ3n) is 4.42. The van der Waals surface area contributed by atoms with Crippen molar-refractivity contribution in [2.75, 3.05) is 34.2 Å². The average molecular weight is 438 g/mol. The van der Waals surface area contributed by atoms with Gasteiger partial charge < -0.3 is 23.8 Å². The lowest BCUT2D eigenvalue weighted by Gasteiger charge is -2.17. The molecule has 3 rings (SSSR count). The van der Waals surface area contributed by atoms with Gasteiger partial charge in [-0.3, -0.25) is 4.79 Å². The summed E-state index contributed by atoms with van der Waals surface area (Å²) in [5.41, 5.74) is 1.84. The van der Waals surface area contributed by atoms with Gasteiger partial charge in [0, 0.05) is 30.4 Å². The number of carbonyl (C=O) groups excluding carboxylic acids is 2. The number of allylic oxidation sites excluding steroid dienone is 1. The van der Waals surface area contributed by atoms with E-state index in [0.29, 0.717) is 42.3 Å². The summed E-state index contributed by atoms with van der Waals surface area (Å²) in [7, 11) is 2.91. The summed E-state index contributed by atoms with van der Waals surface area (Å²) >= 11 is 3.48. The van der Waals surface area contributed by atoms with E-state index in [4.69, 9.17) is 18.9 Å². The summed E-state index contributed by atoms with van der Waals surface area (Å²) in [5, 5.41) is 0. The molecule has 0 aromatic heterocycles. The Hall–Kier alpha value is -2.32. The number of nitrogens with zero attached hydrogens (tertiary/aromatic N) is 1. The van der Waals surface area contributed by atoms with Crippen LogP contribution in [0.4, 0.5) is 0 Å². The standard InChI is InChI=1S/C19H20BrNO6/c1-11-17(19(23)25-3)13(18(22)21(11)5-4-6-24-2)7-12-8-15-16(9-14(12)20)27-10-26-15/h7-9H,4-6,10H2,1-3H3/b13-7-. The Labute approximate surface area is 165 Å². The van der Waals surface area contributed by atoms with Crippen molar-refractivity contribution in [3.05, 3.63) is 39.0 Å². The summed E-state index contributed by atoms with van der Waals surface area (Å²) < 4.78 is 21.4. The minimum Gasteiger partial charge on any atom is -0.465 e. The van der Waals surface area contributed by atoms with Crippen molar-refractivity contribution in [2.24, 2.45) is 0 Å². The van der Waals surface area contributed by atoms with E-state index in [1.165, 1.54) is 7.11 Å². The SMILES string of the molecule is COCCCN1C(=O)/C(=C\c2cc3c(cc2Br)OCO3)C(C(=O)OC)=C1C. The molecule has 0 spiro atoms. The highest BCUT2D eigenvalue weighted by molar-refractivity contribution is 9.10. The maximum atomic E-state index is 13.0. The van der Waals surface area contributed by atoms with Crippen LogP contribution in [0, 0.1) is 0 Å². The Morgan fingerprint density at radius 1 is 1.30 bits per heavy atom. The number of esters is 1. The molecule has 2 heterocycles. The van der Waals surface area contributed by atoms with Crippen LogP contribution in [0.3, 0.4) is 0 Å². The van der Waals surface area contributed by atoms with Crippen molar-refractivity contribution in [3.63, 3.8) is 0 Å². The lowest BCUT2D eigenvalue weighted by Crippen LogP contribution is -2.26. The topological polar surface area (TPSA) is 74.3 Å². The zero-order valence-electron chi connectivity index (χ0n) is 15.3. The maximum Gasteiger partial charge on any atom is 0.340 e. The quantitative estimate of drug-likeness (QED) is 0.387. The van der Waals surface area contributed by atoms with Crippen LogP contribution in [0.15, 0.2) is 33.4 Å². The van der Waals surface area contributed by atoms with Crippen LogP contribution in [0.5, 0.6) is 11.5 Å². The van der Waals surface area contributed by atoms with E-state index < -0.39 is 5.97 Å². The molecule has 0 atom stereocenters. The molecule has 0 saturated heterocycles. The van der Waals surface area contributed by atoms with E-state index in [1.54, 1.807) is 37.1 Å². The van der Waals surface area contributed by atoms with Crippen LogP contribution in [-0.4, -0.2) is 50.9 Å². The van der Waals surface area contributed by atoms with Crippen molar-refractivity contribution in [3.8, 4) is 11.5 Å². The molecule has 27 heavy (non-hydrogen) atoms. The van der Waals surface area contributed by atoms with Crippen LogP contribution >= 0.6 is 15.9 Å². The number of rotatable bonds is 6. The number of hydrogen-bond acceptors (Lipinski definition) is 6. The number of fused-ring (bicyclic) bond motifs is 1. The highest BCUT2D eigenvalue weighted by Crippen LogP contribution is 2.39. The lowest BCUT2D eigenvalue weighted by molar-refractivity contribution is -0.136. The molecule has 0 fully saturated rings. The molecule has 1 amide bonds. The van der Waals surface area contributed by atoms with Crippen LogP contribution in [-0.2, 0) is 19.1 Å². The van der Waals surface area contributed by atoms with Gasteiger partial charge in [0.15, 0.2) is 11.5 Å². The second-order valence-corrected chi connectivity index (χ2v) is 6.89. The predicted octanol–water partition coefficient (Wildman–Crippen LogP) is 2.89. The number of amides is 1. The maximum absolute atomic E-state index is 13.0. The molecular weight excluding hydrogens is 418 g/mol. The molecule has 2 aliphatic rings. The first-order chi connectivity index (χ1) is 13.0. The summed E-state index contributed by atoms with van der Waals surface area (Å²) in [5.74, 6) is 0.433. The molecule has 8 heteroatoms. The van der Waals surface area contributed by atoms with Gasteiger partial charge in [0.1, 0.15) is 0 Å². The summed E-state index contributed by atoms with van der Waals surface area (Å²) in [6, 6.07) is 3.55. The monoisotopic (exact) mass is 437 g/mol. The molecule has 0 radical (unpaired) electrons. The average Bonchev–Trinajstić information content (AvgIpc) is 3.19. The van der Waals surface area contributed by atoms with E-state index in [-0.39, 0.29) is 23.8 Å². The van der Waals surface area contributed by atoms with Gasteiger partial charge in [0.05, 0.1) is 18.3 Å². The molecule has 0 N–H and O–H groups in total. The van der Waals surface area contributed by atoms with E-state index in [1.807, 2.05) is 0 Å². The van der Waals surface area contributed by atoms with E-state index >= 15 is 0 Å². The van der Waals surface area contributed by atoms with E-state index in [2.05, 4.69) is 15.9 Å². The largest absolute Gasteiger partial charge is 0.465 e. The number of hydrogen-bond donors (Lipinski definition) is 0. The van der Waals surface area contributed by atoms with Gasteiger partial charge in [0.25, 0.3) is 5.91 Å². The molecule has 0 bridgehead atoms. The Morgan fingerprint density at radius 2 is 2.00 bits per heavy atom. The van der Waals surface area contributed by atoms with E-state index in [0.717, 1.165) is 4.47 Å². The first-order valence-electron chi connectivity index (χ1n) is 8.39. The number of halogens is 1. The van der Waals surface area contributed by atoms with Gasteiger partial charge in [-0.25, -0.2) is 4.79 Å². The summed E-state index contributed by atoms with van der Waals surface area (Å²) in [6.07, 6.45) is 2.33. The van der Waals surface area contributed by atoms with Gasteiger partial charge in [-0.2, -0.15) is 0 Å². The minimum atomic E-state index is -0.543. The second-order valence-electron chi connectivity index (χ2n) is 6.04. The van der Waals surface area contributed by atoms with Gasteiger partial charge >= 0.3 is 5.97 Å². The van der Waals surface area contributed by atoms with Crippen LogP contribution in [0.1, 0.15) is 18.9 Å². The van der Waals surface area contributed by atoms with Gasteiger partial charge in [-0.1, -0.05) is 15.9 Å². The Balaban J connectivity index is 2.01. The fraction of sp³-hybridized carbons (Fsp3) is 0.368. The van der Waals surface area contributed by atoms with Gasteiger partial charge in [-0.15, -0.1) is 0 Å². The predicted molar refractivity (Wildman–Crippen MR) is 101 cm³/mol. The molecule has 0 aliphatic carbocycles. The van der Waals surface area contributed by atoms with Gasteiger partial charge in [-0.05, 0) is 37.1 Å². The third-order valence-corrected chi connectivity index (χ3v) is 5.11. The highest BCUT2D eigenvalue weighted by atomic mass is 79.9. The second kappa shape index (κ2) is 8.14. The Morgan fingerprint density at radius 3 is 2.67 bits per heavy atom. The Kier molecular flexibility index (Phi) is 5.86. The highest BCUT2D eigenvalue weighted by Gasteiger charge is 2.36. The van der Waals surface area contributed by atoms with E-state index in [9.17, 15) is 9.59 Å². The normalized spacial score (nSPS) is 17.3. The first kappa shape index (κ1) is 19.4. The Bertz CT molecular complexity index is 845. The number of ether oxygens (including phenoxy) is 4. The van der Waals surface area contributed by atoms with Crippen LogP contribution in [0.2, 0.25) is 0 Å². The van der Waals surface area contributed by atoms with Crippen molar-refractivity contribution < 1.29 is 28.5 Å². The first-order valence-corrected chi connectivity index (χ1v) is 9.18. The lowest BCUT2D eigenvalue weighted by atomic mass is 10.0. The van der Waals surface area contributed by atoms with Crippen molar-refractivity contribution in [2.45, 2.75) is 13.3 Å². The number of methoxy groups -OCH3 is 2. The zero-order chi connectivity index (χ0) is 19.6. The number of benzene rings is 1. The fourth-order valence-corrected chi connectivity index (χ4v) is 3.50. The molecule has 0 unspecified atom stereocenters. The molecule has 2 aliphatic heterocycles. The minimum absolute atomic E-state index is 0.153. The van der Waals surface area contributed by atoms with Crippen molar-refractivity contribution in [1.82, 2.24) is 4.90 Å². The van der Waals surface area contributed by atoms with Crippen LogP contribution < -0.4 is 9.47 Å². The fourth-order valence-electron chi connectivity index (χ4n) is 3.06. The van der Waals surface area contributed by atoms with Gasteiger partial charge in [0.2, 0.25) is 6.79 Å². The molecule has 144 valence electrons. The summed E-state index contributed by atoms with van der Waals surface area (Å²) in [6.45, 7) is 2.88. The molecule has 1 aromatic carbocycles. The van der Waals surface area contributed by atoms with Crippen LogP contribution in [0.25, 0.3) is 6.08 Å². The third kappa shape index (κ3) is 3.72.